The summed E-state index contributed by atoms with van der Waals surface area (Å²) in [5.41, 5.74) is 4.23. The minimum atomic E-state index is -1.37. The molecule has 4 saturated carbocycles. The summed E-state index contributed by atoms with van der Waals surface area (Å²) in [5, 5.41) is 3.46. The Labute approximate surface area is 266 Å². The Kier molecular flexibility index (Phi) is 8.63. The van der Waals surface area contributed by atoms with E-state index in [0.717, 1.165) is 39.1 Å². The molecule has 44 heavy (non-hydrogen) atoms. The monoisotopic (exact) mass is 632 g/mol. The number of hydrogen-bond acceptors (Lipinski definition) is 7. The van der Waals surface area contributed by atoms with Gasteiger partial charge in [-0.05, 0) is 110 Å². The Bertz CT molecular complexity index is 1570. The van der Waals surface area contributed by atoms with Crippen molar-refractivity contribution in [2.24, 2.45) is 23.7 Å². The van der Waals surface area contributed by atoms with Crippen molar-refractivity contribution in [2.45, 2.75) is 78.3 Å². The van der Waals surface area contributed by atoms with E-state index in [1.54, 1.807) is 6.07 Å². The number of nitrogens with zero attached hydrogens (tertiary/aromatic N) is 1. The van der Waals surface area contributed by atoms with E-state index in [0.29, 0.717) is 35.7 Å². The van der Waals surface area contributed by atoms with Gasteiger partial charge in [-0.3, -0.25) is 9.59 Å². The minimum absolute atomic E-state index is 0.0459. The lowest BCUT2D eigenvalue weighted by atomic mass is 9.54. The number of carbonyl (C=O) groups excluding carboxylic acids is 2. The first-order valence-electron chi connectivity index (χ1n) is 16.0. The van der Waals surface area contributed by atoms with E-state index >= 15 is 0 Å². The summed E-state index contributed by atoms with van der Waals surface area (Å²) in [6, 6.07) is 11.9. The van der Waals surface area contributed by atoms with E-state index in [9.17, 15) is 9.59 Å². The van der Waals surface area contributed by atoms with Crippen LogP contribution in [-0.2, 0) is 14.9 Å². The number of nitrogens with one attached hydrogen (secondary N) is 1. The summed E-state index contributed by atoms with van der Waals surface area (Å²) in [6.07, 6.45) is 6.30. The standard InChI is InChI=1S/C35H44N2O5SSi/c1-20(38)41-27-9-7-8-23(17-27)32(30-24-13-21-12-22(15-24)16-25(30)14-21)40-11-10-36-33(39)34-37-31-28(42-44(5)6)18-26(35(2,3)4)19-29(31)43-34/h7-9,17-19,21-22,24-25,44H,10-16H2,1-6H3,(H,36,39). The summed E-state index contributed by atoms with van der Waals surface area (Å²) < 4.78 is 19.2. The molecule has 2 aromatic carbocycles. The third-order valence-corrected chi connectivity index (χ3v) is 10.9. The number of ether oxygens (including phenoxy) is 2. The summed E-state index contributed by atoms with van der Waals surface area (Å²) in [6.45, 7) is 12.9. The molecule has 4 aliphatic rings. The molecule has 0 unspecified atom stereocenters. The molecule has 4 bridgehead atoms. The van der Waals surface area contributed by atoms with E-state index in [1.807, 2.05) is 18.2 Å². The maximum Gasteiger partial charge on any atom is 0.308 e. The van der Waals surface area contributed by atoms with Crippen molar-refractivity contribution in [3.8, 4) is 11.5 Å². The lowest BCUT2D eigenvalue weighted by Crippen LogP contribution is -2.41. The number of rotatable bonds is 9. The molecule has 0 spiro atoms. The van der Waals surface area contributed by atoms with Gasteiger partial charge in [-0.1, -0.05) is 32.9 Å². The van der Waals surface area contributed by atoms with Crippen molar-refractivity contribution < 1.29 is 23.5 Å². The molecule has 0 aliphatic heterocycles. The molecule has 234 valence electrons. The average Bonchev–Trinajstić information content (AvgIpc) is 3.37. The quantitative estimate of drug-likeness (QED) is 0.0865. The van der Waals surface area contributed by atoms with Crippen molar-refractivity contribution in [1.82, 2.24) is 10.3 Å². The topological polar surface area (TPSA) is 86.8 Å². The number of allylic oxidation sites excluding steroid dienone is 1. The molecule has 0 radical (unpaired) electrons. The predicted octanol–water partition coefficient (Wildman–Crippen LogP) is 7.50. The summed E-state index contributed by atoms with van der Waals surface area (Å²) in [7, 11) is -1.37. The zero-order valence-corrected chi connectivity index (χ0v) is 28.7. The summed E-state index contributed by atoms with van der Waals surface area (Å²) >= 11 is 1.40. The van der Waals surface area contributed by atoms with Crippen LogP contribution in [0.4, 0.5) is 0 Å². The van der Waals surface area contributed by atoms with E-state index < -0.39 is 9.04 Å². The molecule has 7 rings (SSSR count). The number of benzene rings is 2. The van der Waals surface area contributed by atoms with Gasteiger partial charge in [-0.25, -0.2) is 4.98 Å². The summed E-state index contributed by atoms with van der Waals surface area (Å²) in [5.74, 6) is 4.38. The third kappa shape index (κ3) is 6.59. The molecule has 1 N–H and O–H groups in total. The van der Waals surface area contributed by atoms with Crippen LogP contribution in [0.15, 0.2) is 42.0 Å². The fourth-order valence-electron chi connectivity index (χ4n) is 7.53. The van der Waals surface area contributed by atoms with Crippen LogP contribution < -0.4 is 14.5 Å². The molecule has 9 heteroatoms. The van der Waals surface area contributed by atoms with Crippen molar-refractivity contribution >= 4 is 48.2 Å². The van der Waals surface area contributed by atoms with Gasteiger partial charge in [-0.15, -0.1) is 11.3 Å². The van der Waals surface area contributed by atoms with Crippen LogP contribution in [0.1, 0.15) is 80.7 Å². The van der Waals surface area contributed by atoms with Crippen LogP contribution in [0.25, 0.3) is 16.0 Å². The highest BCUT2D eigenvalue weighted by molar-refractivity contribution is 7.20. The van der Waals surface area contributed by atoms with Gasteiger partial charge < -0.3 is 19.2 Å². The Morgan fingerprint density at radius 2 is 1.73 bits per heavy atom. The zero-order chi connectivity index (χ0) is 31.2. The maximum absolute atomic E-state index is 13.3. The van der Waals surface area contributed by atoms with Crippen molar-refractivity contribution in [3.05, 3.63) is 58.1 Å². The molecule has 7 nitrogen and oxygen atoms in total. The lowest BCUT2D eigenvalue weighted by molar-refractivity contribution is -0.131. The number of aromatic nitrogens is 1. The number of thiazole rings is 1. The fourth-order valence-corrected chi connectivity index (χ4v) is 9.16. The zero-order valence-electron chi connectivity index (χ0n) is 26.7. The molecule has 4 fully saturated rings. The van der Waals surface area contributed by atoms with Crippen LogP contribution in [0.3, 0.4) is 0 Å². The second-order valence-corrected chi connectivity index (χ2v) is 17.4. The largest absolute Gasteiger partial charge is 0.545 e. The van der Waals surface area contributed by atoms with E-state index in [1.165, 1.54) is 61.5 Å². The van der Waals surface area contributed by atoms with Gasteiger partial charge in [-0.2, -0.15) is 0 Å². The number of fused-ring (bicyclic) bond motifs is 1. The minimum Gasteiger partial charge on any atom is -0.545 e. The van der Waals surface area contributed by atoms with Gasteiger partial charge >= 0.3 is 5.97 Å². The van der Waals surface area contributed by atoms with Crippen LogP contribution in [0.2, 0.25) is 13.1 Å². The smallest absolute Gasteiger partial charge is 0.308 e. The molecule has 0 saturated heterocycles. The van der Waals surface area contributed by atoms with E-state index in [2.05, 4.69) is 51.3 Å². The average molecular weight is 633 g/mol. The molecular formula is C35H44N2O5SSi. The Morgan fingerprint density at radius 1 is 1.02 bits per heavy atom. The number of hydrogen-bond donors (Lipinski definition) is 1. The Hall–Kier alpha value is -3.17. The van der Waals surface area contributed by atoms with Crippen molar-refractivity contribution in [2.75, 3.05) is 13.2 Å². The highest BCUT2D eigenvalue weighted by Gasteiger charge is 2.46. The van der Waals surface area contributed by atoms with Gasteiger partial charge in [0.2, 0.25) is 9.04 Å². The molecule has 1 heterocycles. The van der Waals surface area contributed by atoms with Crippen molar-refractivity contribution in [1.29, 1.82) is 0 Å². The summed E-state index contributed by atoms with van der Waals surface area (Å²) in [4.78, 5) is 29.7. The van der Waals surface area contributed by atoms with Gasteiger partial charge in [0.25, 0.3) is 5.91 Å². The normalized spacial score (nSPS) is 22.4. The second kappa shape index (κ2) is 12.3. The number of carbonyl (C=O) groups is 2. The molecule has 3 aromatic rings. The Morgan fingerprint density at radius 3 is 2.36 bits per heavy atom. The number of amides is 1. The molecule has 4 aliphatic carbocycles. The van der Waals surface area contributed by atoms with Crippen molar-refractivity contribution in [3.63, 3.8) is 0 Å². The van der Waals surface area contributed by atoms with Gasteiger partial charge in [0, 0.05) is 12.5 Å². The lowest BCUT2D eigenvalue weighted by Gasteiger charge is -2.51. The van der Waals surface area contributed by atoms with Crippen LogP contribution in [-0.4, -0.2) is 39.1 Å². The Balaban J connectivity index is 1.20. The molecule has 1 amide bonds. The molecule has 0 atom stereocenters. The number of esters is 1. The first-order chi connectivity index (χ1) is 20.9. The molecular weight excluding hydrogens is 589 g/mol. The van der Waals surface area contributed by atoms with Gasteiger partial charge in [0.15, 0.2) is 5.01 Å². The predicted molar refractivity (Wildman–Crippen MR) is 178 cm³/mol. The van der Waals surface area contributed by atoms with Crippen LogP contribution >= 0.6 is 11.3 Å². The third-order valence-electron chi connectivity index (χ3n) is 9.15. The van der Waals surface area contributed by atoms with Gasteiger partial charge in [0.1, 0.15) is 29.4 Å². The van der Waals surface area contributed by atoms with Crippen LogP contribution in [0.5, 0.6) is 11.5 Å². The molecule has 1 aromatic heterocycles. The van der Waals surface area contributed by atoms with Gasteiger partial charge in [0.05, 0.1) is 11.2 Å². The highest BCUT2D eigenvalue weighted by Crippen LogP contribution is 2.58. The van der Waals surface area contributed by atoms with E-state index in [4.69, 9.17) is 18.9 Å². The highest BCUT2D eigenvalue weighted by atomic mass is 32.1. The first kappa shape index (κ1) is 30.8. The maximum atomic E-state index is 13.3. The SMILES string of the molecule is CC(=O)Oc1cccc(C(OCCNC(=O)c2nc3c(O[SiH](C)C)cc(C(C)(C)C)cc3s2)=C2C3CC4CC(C3)CC2C4)c1. The second-order valence-electron chi connectivity index (χ2n) is 14.1. The van der Waals surface area contributed by atoms with E-state index in [-0.39, 0.29) is 17.3 Å². The fraction of sp³-hybridized carbons (Fsp3) is 0.514. The first-order valence-corrected chi connectivity index (χ1v) is 19.6. The van der Waals surface area contributed by atoms with Crippen LogP contribution in [0, 0.1) is 23.7 Å².